The maximum absolute atomic E-state index is 12.2. The van der Waals surface area contributed by atoms with Gasteiger partial charge in [-0.1, -0.05) is 12.1 Å². The van der Waals surface area contributed by atoms with Crippen molar-refractivity contribution < 1.29 is 21.9 Å². The molecular weight excluding hydrogens is 314 g/mol. The molecule has 1 aromatic rings. The molecule has 0 radical (unpaired) electrons. The molecule has 2 rings (SSSR count). The van der Waals surface area contributed by atoms with Crippen molar-refractivity contribution in [2.75, 3.05) is 18.1 Å². The SMILES string of the molecule is O=S1(=O)CCCC(NS(=O)(=O)c2ccc(CCO)cc2)C1. The molecule has 0 aromatic heterocycles. The van der Waals surface area contributed by atoms with Gasteiger partial charge < -0.3 is 5.11 Å². The molecule has 1 aliphatic heterocycles. The maximum Gasteiger partial charge on any atom is 0.240 e. The number of sulfonamides is 1. The molecule has 1 unspecified atom stereocenters. The smallest absolute Gasteiger partial charge is 0.240 e. The third kappa shape index (κ3) is 4.50. The van der Waals surface area contributed by atoms with E-state index in [9.17, 15) is 16.8 Å². The summed E-state index contributed by atoms with van der Waals surface area (Å²) in [5, 5.41) is 8.83. The number of rotatable bonds is 5. The molecule has 1 fully saturated rings. The second-order valence-corrected chi connectivity index (χ2v) is 9.14. The molecule has 1 aliphatic rings. The number of sulfone groups is 1. The molecule has 0 spiro atoms. The van der Waals surface area contributed by atoms with Crippen LogP contribution in [0.3, 0.4) is 0 Å². The molecule has 0 bridgehead atoms. The molecule has 8 heteroatoms. The first-order valence-electron chi connectivity index (χ1n) is 6.75. The molecular formula is C13H19NO5S2. The van der Waals surface area contributed by atoms with Crippen LogP contribution in [0.15, 0.2) is 29.2 Å². The summed E-state index contributed by atoms with van der Waals surface area (Å²) >= 11 is 0. The average molecular weight is 333 g/mol. The van der Waals surface area contributed by atoms with Crippen LogP contribution in [0.2, 0.25) is 0 Å². The predicted molar refractivity (Wildman–Crippen MR) is 79.2 cm³/mol. The highest BCUT2D eigenvalue weighted by Gasteiger charge is 2.28. The lowest BCUT2D eigenvalue weighted by atomic mass is 10.2. The van der Waals surface area contributed by atoms with E-state index in [0.717, 1.165) is 5.56 Å². The molecule has 1 atom stereocenters. The van der Waals surface area contributed by atoms with Gasteiger partial charge >= 0.3 is 0 Å². The highest BCUT2D eigenvalue weighted by Crippen LogP contribution is 2.16. The quantitative estimate of drug-likeness (QED) is 0.794. The Kier molecular flexibility index (Phi) is 5.03. The van der Waals surface area contributed by atoms with Crippen molar-refractivity contribution >= 4 is 19.9 Å². The fourth-order valence-electron chi connectivity index (χ4n) is 2.37. The summed E-state index contributed by atoms with van der Waals surface area (Å²) < 4.78 is 50.0. The van der Waals surface area contributed by atoms with Gasteiger partial charge in [0, 0.05) is 12.6 Å². The van der Waals surface area contributed by atoms with Gasteiger partial charge in [0.05, 0.1) is 16.4 Å². The number of hydrogen-bond acceptors (Lipinski definition) is 5. The van der Waals surface area contributed by atoms with Crippen LogP contribution in [0.5, 0.6) is 0 Å². The Balaban J connectivity index is 2.11. The van der Waals surface area contributed by atoms with E-state index in [-0.39, 0.29) is 23.0 Å². The highest BCUT2D eigenvalue weighted by molar-refractivity contribution is 7.91. The molecule has 1 saturated heterocycles. The lowest BCUT2D eigenvalue weighted by Crippen LogP contribution is -2.43. The van der Waals surface area contributed by atoms with Gasteiger partial charge in [0.1, 0.15) is 0 Å². The number of hydrogen-bond donors (Lipinski definition) is 2. The van der Waals surface area contributed by atoms with E-state index in [1.165, 1.54) is 12.1 Å². The third-order valence-electron chi connectivity index (χ3n) is 3.42. The van der Waals surface area contributed by atoms with Crippen molar-refractivity contribution in [3.63, 3.8) is 0 Å². The van der Waals surface area contributed by atoms with E-state index in [4.69, 9.17) is 5.11 Å². The van der Waals surface area contributed by atoms with Crippen molar-refractivity contribution in [1.82, 2.24) is 4.72 Å². The van der Waals surface area contributed by atoms with Crippen LogP contribution in [-0.2, 0) is 26.3 Å². The molecule has 0 saturated carbocycles. The average Bonchev–Trinajstić information content (AvgIpc) is 2.38. The Morgan fingerprint density at radius 3 is 2.48 bits per heavy atom. The monoisotopic (exact) mass is 333 g/mol. The summed E-state index contributed by atoms with van der Waals surface area (Å²) in [6.45, 7) is 0.00425. The normalized spacial score (nSPS) is 22.0. The maximum atomic E-state index is 12.2. The van der Waals surface area contributed by atoms with Crippen molar-refractivity contribution in [2.24, 2.45) is 0 Å². The van der Waals surface area contributed by atoms with Crippen LogP contribution in [0.25, 0.3) is 0 Å². The summed E-state index contributed by atoms with van der Waals surface area (Å²) in [5.41, 5.74) is 0.844. The molecule has 0 aliphatic carbocycles. The summed E-state index contributed by atoms with van der Waals surface area (Å²) in [5.74, 6) is -0.0179. The molecule has 2 N–H and O–H groups in total. The fraction of sp³-hybridized carbons (Fsp3) is 0.538. The minimum Gasteiger partial charge on any atom is -0.396 e. The van der Waals surface area contributed by atoms with E-state index < -0.39 is 25.9 Å². The van der Waals surface area contributed by atoms with Crippen molar-refractivity contribution in [3.05, 3.63) is 29.8 Å². The van der Waals surface area contributed by atoms with Crippen molar-refractivity contribution in [2.45, 2.75) is 30.2 Å². The molecule has 21 heavy (non-hydrogen) atoms. The van der Waals surface area contributed by atoms with Gasteiger partial charge in [-0.05, 0) is 37.0 Å². The number of aliphatic hydroxyl groups is 1. The first-order chi connectivity index (χ1) is 9.82. The molecule has 0 amide bonds. The highest BCUT2D eigenvalue weighted by atomic mass is 32.2. The van der Waals surface area contributed by atoms with Crippen LogP contribution in [-0.4, -0.2) is 46.1 Å². The zero-order valence-corrected chi connectivity index (χ0v) is 13.2. The first-order valence-corrected chi connectivity index (χ1v) is 10.1. The van der Waals surface area contributed by atoms with Crippen LogP contribution in [0.4, 0.5) is 0 Å². The van der Waals surface area contributed by atoms with Crippen LogP contribution >= 0.6 is 0 Å². The topological polar surface area (TPSA) is 101 Å². The Labute approximate surface area is 125 Å². The Bertz CT molecular complexity index is 680. The zero-order valence-electron chi connectivity index (χ0n) is 11.5. The van der Waals surface area contributed by atoms with Gasteiger partial charge in [0.15, 0.2) is 9.84 Å². The summed E-state index contributed by atoms with van der Waals surface area (Å²) in [6, 6.07) is 5.64. The van der Waals surface area contributed by atoms with Gasteiger partial charge in [-0.3, -0.25) is 0 Å². The molecule has 6 nitrogen and oxygen atoms in total. The lowest BCUT2D eigenvalue weighted by Gasteiger charge is -2.22. The van der Waals surface area contributed by atoms with E-state index in [0.29, 0.717) is 19.3 Å². The number of nitrogens with one attached hydrogen (secondary N) is 1. The Morgan fingerprint density at radius 1 is 1.24 bits per heavy atom. The number of benzene rings is 1. The fourth-order valence-corrected chi connectivity index (χ4v) is 5.38. The zero-order chi connectivity index (χ0) is 15.5. The van der Waals surface area contributed by atoms with E-state index in [1.807, 2.05) is 0 Å². The predicted octanol–water partition coefficient (Wildman–Crippen LogP) is 0.0769. The Hall–Kier alpha value is -0.960. The minimum atomic E-state index is -3.72. The van der Waals surface area contributed by atoms with Crippen LogP contribution in [0, 0.1) is 0 Å². The van der Waals surface area contributed by atoms with E-state index in [2.05, 4.69) is 4.72 Å². The van der Waals surface area contributed by atoms with Gasteiger partial charge in [0.2, 0.25) is 10.0 Å². The third-order valence-corrected chi connectivity index (χ3v) is 6.78. The lowest BCUT2D eigenvalue weighted by molar-refractivity contribution is 0.299. The first kappa shape index (κ1) is 16.4. The minimum absolute atomic E-state index is 0.00425. The van der Waals surface area contributed by atoms with Gasteiger partial charge in [0.25, 0.3) is 0 Å². The summed E-state index contributed by atoms with van der Waals surface area (Å²) in [6.07, 6.45) is 1.47. The largest absolute Gasteiger partial charge is 0.396 e. The van der Waals surface area contributed by atoms with Crippen molar-refractivity contribution in [3.8, 4) is 0 Å². The summed E-state index contributed by atoms with van der Waals surface area (Å²) in [4.78, 5) is 0.104. The molecule has 118 valence electrons. The van der Waals surface area contributed by atoms with Crippen LogP contribution < -0.4 is 4.72 Å². The second-order valence-electron chi connectivity index (χ2n) is 5.19. The molecule has 1 aromatic carbocycles. The van der Waals surface area contributed by atoms with Gasteiger partial charge in [-0.25, -0.2) is 21.6 Å². The van der Waals surface area contributed by atoms with Gasteiger partial charge in [-0.15, -0.1) is 0 Å². The van der Waals surface area contributed by atoms with Crippen molar-refractivity contribution in [1.29, 1.82) is 0 Å². The summed E-state index contributed by atoms with van der Waals surface area (Å²) in [7, 11) is -6.87. The standard InChI is InChI=1S/C13H19NO5S2/c15-8-7-11-3-5-13(6-4-11)21(18,19)14-12-2-1-9-20(16,17)10-12/h3-6,12,14-15H,1-2,7-10H2. The van der Waals surface area contributed by atoms with Crippen LogP contribution in [0.1, 0.15) is 18.4 Å². The second kappa shape index (κ2) is 6.43. The Morgan fingerprint density at radius 2 is 1.90 bits per heavy atom. The van der Waals surface area contributed by atoms with E-state index >= 15 is 0 Å². The van der Waals surface area contributed by atoms with E-state index in [1.54, 1.807) is 12.1 Å². The molecule has 1 heterocycles. The number of aliphatic hydroxyl groups excluding tert-OH is 1. The van der Waals surface area contributed by atoms with Gasteiger partial charge in [-0.2, -0.15) is 0 Å².